The van der Waals surface area contributed by atoms with Gasteiger partial charge in [0.15, 0.2) is 0 Å². The minimum atomic E-state index is -0.0519. The summed E-state index contributed by atoms with van der Waals surface area (Å²) in [6.45, 7) is 16.8. The number of ether oxygens (including phenoxy) is 2. The lowest BCUT2D eigenvalue weighted by atomic mass is 10.2. The molecule has 0 N–H and O–H groups in total. The van der Waals surface area contributed by atoms with E-state index < -0.39 is 0 Å². The summed E-state index contributed by atoms with van der Waals surface area (Å²) < 4.78 is 11.5. The maximum Gasteiger partial charge on any atom is 0.0895 e. The zero-order chi connectivity index (χ0) is 14.5. The molecule has 0 aromatic heterocycles. The Kier molecular flexibility index (Phi) is 5.68. The molecule has 1 aliphatic heterocycles. The van der Waals surface area contributed by atoms with Gasteiger partial charge in [0, 0.05) is 25.5 Å². The van der Waals surface area contributed by atoms with Gasteiger partial charge in [-0.05, 0) is 41.5 Å². The zero-order valence-corrected chi connectivity index (χ0v) is 13.4. The van der Waals surface area contributed by atoms with Gasteiger partial charge in [-0.15, -0.1) is 0 Å². The molecular weight excluding hydrogens is 240 g/mol. The van der Waals surface area contributed by atoms with Crippen LogP contribution in [0.25, 0.3) is 0 Å². The molecule has 19 heavy (non-hydrogen) atoms. The number of hydrogen-bond donors (Lipinski definition) is 0. The molecule has 4 heteroatoms. The monoisotopic (exact) mass is 270 g/mol. The lowest BCUT2D eigenvalue weighted by molar-refractivity contribution is -0.0163. The molecule has 0 aliphatic carbocycles. The molecule has 0 aromatic carbocycles. The van der Waals surface area contributed by atoms with Gasteiger partial charge in [-0.25, -0.2) is 0 Å². The van der Waals surface area contributed by atoms with Crippen LogP contribution in [0.4, 0.5) is 0 Å². The van der Waals surface area contributed by atoms with Crippen LogP contribution in [0.2, 0.25) is 0 Å². The van der Waals surface area contributed by atoms with Crippen molar-refractivity contribution in [2.45, 2.75) is 52.7 Å². The lowest BCUT2D eigenvalue weighted by Crippen LogP contribution is -2.33. The van der Waals surface area contributed by atoms with Gasteiger partial charge >= 0.3 is 0 Å². The van der Waals surface area contributed by atoms with Gasteiger partial charge in [0.25, 0.3) is 0 Å². The zero-order valence-electron chi connectivity index (χ0n) is 13.4. The van der Waals surface area contributed by atoms with Crippen LogP contribution in [-0.4, -0.2) is 54.0 Å². The summed E-state index contributed by atoms with van der Waals surface area (Å²) in [5.74, 6) is 0. The van der Waals surface area contributed by atoms with E-state index in [-0.39, 0.29) is 11.2 Å². The van der Waals surface area contributed by atoms with E-state index in [0.29, 0.717) is 0 Å². The van der Waals surface area contributed by atoms with E-state index in [4.69, 9.17) is 9.47 Å². The van der Waals surface area contributed by atoms with E-state index in [9.17, 15) is 0 Å². The van der Waals surface area contributed by atoms with E-state index in [2.05, 4.69) is 63.7 Å². The van der Waals surface area contributed by atoms with E-state index in [0.717, 1.165) is 33.0 Å². The van der Waals surface area contributed by atoms with Crippen LogP contribution in [0.15, 0.2) is 12.4 Å². The Hall–Kier alpha value is -0.740. The molecule has 0 radical (unpaired) electrons. The minimum absolute atomic E-state index is 0.0519. The molecule has 0 unspecified atom stereocenters. The van der Waals surface area contributed by atoms with Crippen molar-refractivity contribution in [1.82, 2.24) is 9.80 Å². The highest BCUT2D eigenvalue weighted by Crippen LogP contribution is 2.11. The predicted molar refractivity (Wildman–Crippen MR) is 78.8 cm³/mol. The van der Waals surface area contributed by atoms with Crippen molar-refractivity contribution >= 4 is 0 Å². The third kappa shape index (κ3) is 8.11. The second-order valence-corrected chi connectivity index (χ2v) is 6.99. The Labute approximate surface area is 118 Å². The smallest absolute Gasteiger partial charge is 0.0895 e. The second-order valence-electron chi connectivity index (χ2n) is 6.99. The standard InChI is InChI=1S/C15H30N2O2/c1-14(2,3)18-11-9-16-7-8-17(13-16)10-12-19-15(4,5)6/h7-8H,9-13H2,1-6H3. The second kappa shape index (κ2) is 6.62. The molecule has 1 heterocycles. The Morgan fingerprint density at radius 2 is 1.16 bits per heavy atom. The van der Waals surface area contributed by atoms with Gasteiger partial charge in [0.05, 0.1) is 31.1 Å². The lowest BCUT2D eigenvalue weighted by Gasteiger charge is -2.25. The van der Waals surface area contributed by atoms with Crippen LogP contribution in [-0.2, 0) is 9.47 Å². The first-order chi connectivity index (χ1) is 8.66. The summed E-state index contributed by atoms with van der Waals surface area (Å²) in [4.78, 5) is 4.53. The van der Waals surface area contributed by atoms with Gasteiger partial charge in [-0.1, -0.05) is 0 Å². The van der Waals surface area contributed by atoms with Crippen molar-refractivity contribution < 1.29 is 9.47 Å². The number of rotatable bonds is 6. The molecule has 4 nitrogen and oxygen atoms in total. The molecule has 0 amide bonds. The first-order valence-electron chi connectivity index (χ1n) is 7.10. The highest BCUT2D eigenvalue weighted by molar-refractivity contribution is 4.90. The predicted octanol–water partition coefficient (Wildman–Crippen LogP) is 2.66. The highest BCUT2D eigenvalue weighted by atomic mass is 16.5. The average molecular weight is 270 g/mol. The Morgan fingerprint density at radius 1 is 0.789 bits per heavy atom. The first-order valence-corrected chi connectivity index (χ1v) is 7.10. The van der Waals surface area contributed by atoms with Crippen LogP contribution in [0.5, 0.6) is 0 Å². The average Bonchev–Trinajstić information content (AvgIpc) is 2.62. The van der Waals surface area contributed by atoms with Crippen LogP contribution in [0, 0.1) is 0 Å². The topological polar surface area (TPSA) is 24.9 Å². The van der Waals surface area contributed by atoms with Crippen LogP contribution in [0.1, 0.15) is 41.5 Å². The molecule has 0 atom stereocenters. The molecule has 0 spiro atoms. The van der Waals surface area contributed by atoms with E-state index >= 15 is 0 Å². The maximum atomic E-state index is 5.73. The summed E-state index contributed by atoms with van der Waals surface area (Å²) in [5.41, 5.74) is -0.104. The molecule has 0 saturated heterocycles. The van der Waals surface area contributed by atoms with Gasteiger partial charge in [0.1, 0.15) is 0 Å². The van der Waals surface area contributed by atoms with E-state index in [1.165, 1.54) is 0 Å². The molecule has 0 fully saturated rings. The molecule has 1 rings (SSSR count). The number of nitrogens with zero attached hydrogens (tertiary/aromatic N) is 2. The van der Waals surface area contributed by atoms with Crippen molar-refractivity contribution in [1.29, 1.82) is 0 Å². The van der Waals surface area contributed by atoms with Crippen molar-refractivity contribution in [3.8, 4) is 0 Å². The first kappa shape index (κ1) is 16.3. The molecule has 0 saturated carbocycles. The minimum Gasteiger partial charge on any atom is -0.374 e. The summed E-state index contributed by atoms with van der Waals surface area (Å²) >= 11 is 0. The van der Waals surface area contributed by atoms with Gasteiger partial charge in [-0.2, -0.15) is 0 Å². The van der Waals surface area contributed by atoms with Gasteiger partial charge < -0.3 is 19.3 Å². The molecule has 0 aromatic rings. The Balaban J connectivity index is 2.12. The van der Waals surface area contributed by atoms with Crippen LogP contribution in [0.3, 0.4) is 0 Å². The van der Waals surface area contributed by atoms with Crippen molar-refractivity contribution in [3.05, 3.63) is 12.4 Å². The molecule has 1 aliphatic rings. The fraction of sp³-hybridized carbons (Fsp3) is 0.867. The Bertz CT molecular complexity index is 262. The molecule has 112 valence electrons. The fourth-order valence-electron chi connectivity index (χ4n) is 1.74. The summed E-state index contributed by atoms with van der Waals surface area (Å²) in [7, 11) is 0. The molecular formula is C15H30N2O2. The van der Waals surface area contributed by atoms with Gasteiger partial charge in [0.2, 0.25) is 0 Å². The highest BCUT2D eigenvalue weighted by Gasteiger charge is 2.15. The number of hydrogen-bond acceptors (Lipinski definition) is 4. The molecule has 0 bridgehead atoms. The van der Waals surface area contributed by atoms with Crippen molar-refractivity contribution in [2.24, 2.45) is 0 Å². The summed E-state index contributed by atoms with van der Waals surface area (Å²) in [6.07, 6.45) is 4.26. The Morgan fingerprint density at radius 3 is 1.47 bits per heavy atom. The SMILES string of the molecule is CC(C)(C)OCCN1C=CN(CCOC(C)(C)C)C1. The quantitative estimate of drug-likeness (QED) is 0.741. The van der Waals surface area contributed by atoms with E-state index in [1.807, 2.05) is 0 Å². The normalized spacial score (nSPS) is 16.5. The van der Waals surface area contributed by atoms with Gasteiger partial charge in [-0.3, -0.25) is 0 Å². The third-order valence-corrected chi connectivity index (χ3v) is 2.68. The summed E-state index contributed by atoms with van der Waals surface area (Å²) in [5, 5.41) is 0. The largest absolute Gasteiger partial charge is 0.374 e. The third-order valence-electron chi connectivity index (χ3n) is 2.68. The van der Waals surface area contributed by atoms with Crippen LogP contribution < -0.4 is 0 Å². The maximum absolute atomic E-state index is 5.73. The fourth-order valence-corrected chi connectivity index (χ4v) is 1.74. The summed E-state index contributed by atoms with van der Waals surface area (Å²) in [6, 6.07) is 0. The van der Waals surface area contributed by atoms with Crippen molar-refractivity contribution in [2.75, 3.05) is 33.0 Å². The van der Waals surface area contributed by atoms with Crippen molar-refractivity contribution in [3.63, 3.8) is 0 Å². The van der Waals surface area contributed by atoms with Crippen LogP contribution >= 0.6 is 0 Å². The van der Waals surface area contributed by atoms with E-state index in [1.54, 1.807) is 0 Å².